The molecule has 1 aromatic heterocycles. The average molecular weight is 327 g/mol. The van der Waals surface area contributed by atoms with Gasteiger partial charge in [0.15, 0.2) is 0 Å². The molecule has 0 saturated heterocycles. The van der Waals surface area contributed by atoms with Crippen LogP contribution in [0.4, 0.5) is 0 Å². The second-order valence-corrected chi connectivity index (χ2v) is 6.66. The van der Waals surface area contributed by atoms with E-state index >= 15 is 0 Å². The second-order valence-electron chi connectivity index (χ2n) is 6.66. The second kappa shape index (κ2) is 7.62. The number of aromatic nitrogens is 2. The molecular formula is C19H25N3O2. The summed E-state index contributed by atoms with van der Waals surface area (Å²) < 4.78 is 2.07. The Morgan fingerprint density at radius 3 is 2.75 bits per heavy atom. The number of imidazole rings is 1. The van der Waals surface area contributed by atoms with Gasteiger partial charge in [0.25, 0.3) is 0 Å². The van der Waals surface area contributed by atoms with Crippen molar-refractivity contribution >= 4 is 5.91 Å². The Balaban J connectivity index is 1.49. The third-order valence-electron chi connectivity index (χ3n) is 4.75. The lowest BCUT2D eigenvalue weighted by Gasteiger charge is -2.21. The van der Waals surface area contributed by atoms with Crippen molar-refractivity contribution in [1.82, 2.24) is 14.9 Å². The van der Waals surface area contributed by atoms with Crippen LogP contribution < -0.4 is 5.32 Å². The van der Waals surface area contributed by atoms with Crippen molar-refractivity contribution in [3.63, 3.8) is 0 Å². The summed E-state index contributed by atoms with van der Waals surface area (Å²) in [6.45, 7) is 1.23. The highest BCUT2D eigenvalue weighted by Gasteiger charge is 2.33. The van der Waals surface area contributed by atoms with E-state index in [1.807, 2.05) is 24.4 Å². The number of carbonyl (C=O) groups excluding carboxylic acids is 1. The van der Waals surface area contributed by atoms with Gasteiger partial charge in [-0.1, -0.05) is 43.2 Å². The molecule has 0 aliphatic heterocycles. The lowest BCUT2D eigenvalue weighted by Crippen LogP contribution is -2.34. The van der Waals surface area contributed by atoms with E-state index in [4.69, 9.17) is 0 Å². The first-order chi connectivity index (χ1) is 11.6. The fourth-order valence-electron chi connectivity index (χ4n) is 3.35. The zero-order chi connectivity index (χ0) is 16.8. The Bertz CT molecular complexity index is 660. The molecule has 1 saturated carbocycles. The predicted molar refractivity (Wildman–Crippen MR) is 92.3 cm³/mol. The van der Waals surface area contributed by atoms with Crippen LogP contribution in [-0.4, -0.2) is 26.2 Å². The van der Waals surface area contributed by atoms with Crippen LogP contribution in [0, 0.1) is 0 Å². The number of benzene rings is 1. The highest BCUT2D eigenvalue weighted by molar-refractivity contribution is 5.76. The molecule has 0 atom stereocenters. The summed E-state index contributed by atoms with van der Waals surface area (Å²) in [5.74, 6) is 0.745. The van der Waals surface area contributed by atoms with E-state index in [1.165, 1.54) is 5.56 Å². The van der Waals surface area contributed by atoms with E-state index in [9.17, 15) is 9.90 Å². The lowest BCUT2D eigenvalue weighted by molar-refractivity contribution is -0.126. The molecule has 2 N–H and O–H groups in total. The van der Waals surface area contributed by atoms with Crippen LogP contribution in [0.3, 0.4) is 0 Å². The van der Waals surface area contributed by atoms with E-state index in [1.54, 1.807) is 6.20 Å². The summed E-state index contributed by atoms with van der Waals surface area (Å²) in [4.78, 5) is 16.4. The van der Waals surface area contributed by atoms with Crippen molar-refractivity contribution < 1.29 is 9.90 Å². The molecule has 0 spiro atoms. The molecule has 1 fully saturated rings. The van der Waals surface area contributed by atoms with E-state index in [2.05, 4.69) is 27.0 Å². The molecule has 0 radical (unpaired) electrons. The smallest absolute Gasteiger partial charge is 0.223 e. The molecule has 24 heavy (non-hydrogen) atoms. The number of hydrogen-bond acceptors (Lipinski definition) is 3. The molecule has 5 heteroatoms. The van der Waals surface area contributed by atoms with Gasteiger partial charge in [0, 0.05) is 18.9 Å². The Morgan fingerprint density at radius 2 is 2.00 bits per heavy atom. The number of hydrogen-bond donors (Lipinski definition) is 2. The van der Waals surface area contributed by atoms with Gasteiger partial charge in [-0.3, -0.25) is 4.79 Å². The summed E-state index contributed by atoms with van der Waals surface area (Å²) in [7, 11) is 0. The maximum Gasteiger partial charge on any atom is 0.223 e. The van der Waals surface area contributed by atoms with Crippen molar-refractivity contribution in [3.8, 4) is 0 Å². The van der Waals surface area contributed by atoms with Crippen LogP contribution in [0.15, 0.2) is 42.7 Å². The third-order valence-corrected chi connectivity index (χ3v) is 4.75. The first kappa shape index (κ1) is 16.7. The number of aliphatic hydroxyl groups is 1. The van der Waals surface area contributed by atoms with Crippen molar-refractivity contribution in [2.75, 3.05) is 0 Å². The van der Waals surface area contributed by atoms with E-state index in [0.29, 0.717) is 6.54 Å². The molecule has 3 rings (SSSR count). The Morgan fingerprint density at radius 1 is 1.25 bits per heavy atom. The van der Waals surface area contributed by atoms with Gasteiger partial charge in [-0.05, 0) is 24.8 Å². The Kier molecular flexibility index (Phi) is 5.30. The van der Waals surface area contributed by atoms with Crippen molar-refractivity contribution in [3.05, 3.63) is 54.1 Å². The first-order valence-electron chi connectivity index (χ1n) is 8.68. The van der Waals surface area contributed by atoms with Crippen molar-refractivity contribution in [1.29, 1.82) is 0 Å². The van der Waals surface area contributed by atoms with Gasteiger partial charge in [0.1, 0.15) is 5.82 Å². The highest BCUT2D eigenvalue weighted by Crippen LogP contribution is 2.32. The standard InChI is InChI=1S/C19H25N3O2/c23-18(14-19(24)9-4-5-10-19)21-15-17-20-11-13-22(17)12-8-16-6-2-1-3-7-16/h1-3,6-7,11,13,24H,4-5,8-10,12,14-15H2,(H,21,23). The zero-order valence-electron chi connectivity index (χ0n) is 13.9. The summed E-state index contributed by atoms with van der Waals surface area (Å²) in [6, 6.07) is 10.3. The molecule has 128 valence electrons. The fraction of sp³-hybridized carbons (Fsp3) is 0.474. The van der Waals surface area contributed by atoms with Crippen LogP contribution in [0.25, 0.3) is 0 Å². The van der Waals surface area contributed by atoms with Crippen LogP contribution in [0.1, 0.15) is 43.5 Å². The molecule has 5 nitrogen and oxygen atoms in total. The van der Waals surface area contributed by atoms with Crippen LogP contribution in [-0.2, 0) is 24.3 Å². The number of nitrogens with zero attached hydrogens (tertiary/aromatic N) is 2. The van der Waals surface area contributed by atoms with Crippen LogP contribution in [0.5, 0.6) is 0 Å². The Labute approximate surface area is 142 Å². The third kappa shape index (κ3) is 4.45. The quantitative estimate of drug-likeness (QED) is 0.821. The maximum atomic E-state index is 12.1. The maximum absolute atomic E-state index is 12.1. The minimum atomic E-state index is -0.799. The highest BCUT2D eigenvalue weighted by atomic mass is 16.3. The number of aryl methyl sites for hydroxylation is 2. The molecule has 1 heterocycles. The van der Waals surface area contributed by atoms with Crippen molar-refractivity contribution in [2.24, 2.45) is 0 Å². The van der Waals surface area contributed by atoms with Gasteiger partial charge in [-0.2, -0.15) is 0 Å². The zero-order valence-corrected chi connectivity index (χ0v) is 13.9. The summed E-state index contributed by atoms with van der Waals surface area (Å²) in [5, 5.41) is 13.2. The van der Waals surface area contributed by atoms with Gasteiger partial charge in [0.2, 0.25) is 5.91 Å². The molecular weight excluding hydrogens is 302 g/mol. The van der Waals surface area contributed by atoms with Crippen LogP contribution in [0.2, 0.25) is 0 Å². The molecule has 0 bridgehead atoms. The SMILES string of the molecule is O=C(CC1(O)CCCC1)NCc1nccn1CCc1ccccc1. The molecule has 1 aliphatic rings. The van der Waals surface area contributed by atoms with E-state index in [-0.39, 0.29) is 12.3 Å². The normalized spacial score (nSPS) is 16.2. The van der Waals surface area contributed by atoms with E-state index in [0.717, 1.165) is 44.5 Å². The number of rotatable bonds is 7. The number of amides is 1. The van der Waals surface area contributed by atoms with Crippen LogP contribution >= 0.6 is 0 Å². The van der Waals surface area contributed by atoms with Gasteiger partial charge >= 0.3 is 0 Å². The van der Waals surface area contributed by atoms with Gasteiger partial charge in [-0.25, -0.2) is 4.98 Å². The summed E-state index contributed by atoms with van der Waals surface area (Å²) >= 11 is 0. The summed E-state index contributed by atoms with van der Waals surface area (Å²) in [6.07, 6.45) is 8.29. The lowest BCUT2D eigenvalue weighted by atomic mass is 9.98. The predicted octanol–water partition coefficient (Wildman–Crippen LogP) is 2.44. The average Bonchev–Trinajstić information content (AvgIpc) is 3.21. The minimum Gasteiger partial charge on any atom is -0.389 e. The molecule has 1 aliphatic carbocycles. The molecule has 2 aromatic rings. The topological polar surface area (TPSA) is 67.2 Å². The minimum absolute atomic E-state index is 0.1000. The molecule has 0 unspecified atom stereocenters. The van der Waals surface area contributed by atoms with E-state index < -0.39 is 5.60 Å². The number of nitrogens with one attached hydrogen (secondary N) is 1. The monoisotopic (exact) mass is 327 g/mol. The Hall–Kier alpha value is -2.14. The summed E-state index contributed by atoms with van der Waals surface area (Å²) in [5.41, 5.74) is 0.483. The van der Waals surface area contributed by atoms with Gasteiger partial charge in [-0.15, -0.1) is 0 Å². The fourth-order valence-corrected chi connectivity index (χ4v) is 3.35. The molecule has 1 aromatic carbocycles. The largest absolute Gasteiger partial charge is 0.389 e. The molecule has 1 amide bonds. The van der Waals surface area contributed by atoms with Crippen molar-refractivity contribution in [2.45, 2.75) is 57.2 Å². The van der Waals surface area contributed by atoms with Gasteiger partial charge in [0.05, 0.1) is 18.6 Å². The number of carbonyl (C=O) groups is 1. The van der Waals surface area contributed by atoms with Gasteiger partial charge < -0.3 is 15.0 Å². The first-order valence-corrected chi connectivity index (χ1v) is 8.68.